The van der Waals surface area contributed by atoms with E-state index in [1.54, 1.807) is 25.1 Å². The second-order valence-corrected chi connectivity index (χ2v) is 5.78. The normalized spacial score (nSPS) is 11.2. The van der Waals surface area contributed by atoms with Crippen LogP contribution in [0.15, 0.2) is 42.5 Å². The van der Waals surface area contributed by atoms with Gasteiger partial charge in [0.2, 0.25) is 0 Å². The largest absolute Gasteiger partial charge is 0.497 e. The maximum atomic E-state index is 12.1. The summed E-state index contributed by atoms with van der Waals surface area (Å²) in [6.07, 6.45) is 0. The van der Waals surface area contributed by atoms with Gasteiger partial charge in [-0.2, -0.15) is 0 Å². The van der Waals surface area contributed by atoms with Crippen molar-refractivity contribution >= 4 is 17.6 Å². The number of rotatable bonds is 8. The lowest BCUT2D eigenvalue weighted by atomic mass is 10.1. The van der Waals surface area contributed by atoms with Crippen LogP contribution in [-0.2, 0) is 9.53 Å². The number of ether oxygens (including phenoxy) is 3. The van der Waals surface area contributed by atoms with Gasteiger partial charge >= 0.3 is 5.97 Å². The molecule has 0 aliphatic heterocycles. The quantitative estimate of drug-likeness (QED) is 0.420. The number of carbonyl (C=O) groups excluding carboxylic acids is 2. The maximum absolute atomic E-state index is 12.1. The van der Waals surface area contributed by atoms with Crippen LogP contribution in [0.4, 0.5) is 5.69 Å². The lowest BCUT2D eigenvalue weighted by molar-refractivity contribution is -0.384. The van der Waals surface area contributed by atoms with Crippen molar-refractivity contribution in [3.05, 3.63) is 63.7 Å². The third kappa shape index (κ3) is 5.19. The van der Waals surface area contributed by atoms with Gasteiger partial charge in [0.1, 0.15) is 11.5 Å². The molecule has 0 heterocycles. The molecule has 0 aromatic heterocycles. The monoisotopic (exact) mass is 388 g/mol. The van der Waals surface area contributed by atoms with Gasteiger partial charge in [0.05, 0.1) is 30.7 Å². The fourth-order valence-electron chi connectivity index (χ4n) is 2.47. The third-order valence-electron chi connectivity index (χ3n) is 3.93. The van der Waals surface area contributed by atoms with Crippen molar-refractivity contribution in [1.82, 2.24) is 5.32 Å². The average molecular weight is 388 g/mol. The minimum absolute atomic E-state index is 0.112. The molecule has 0 spiro atoms. The van der Waals surface area contributed by atoms with E-state index in [2.05, 4.69) is 5.32 Å². The summed E-state index contributed by atoms with van der Waals surface area (Å²) in [4.78, 5) is 34.1. The number of amides is 1. The number of hydrogen-bond acceptors (Lipinski definition) is 7. The number of hydrogen-bond donors (Lipinski definition) is 1. The highest BCUT2D eigenvalue weighted by atomic mass is 16.6. The fourth-order valence-corrected chi connectivity index (χ4v) is 2.47. The summed E-state index contributed by atoms with van der Waals surface area (Å²) >= 11 is 0. The predicted octanol–water partition coefficient (Wildman–Crippen LogP) is 2.65. The van der Waals surface area contributed by atoms with Crippen LogP contribution >= 0.6 is 0 Å². The molecule has 9 nitrogen and oxygen atoms in total. The molecular formula is C19H20N2O7. The Morgan fingerprint density at radius 3 is 2.36 bits per heavy atom. The third-order valence-corrected chi connectivity index (χ3v) is 3.93. The van der Waals surface area contributed by atoms with Gasteiger partial charge in [-0.25, -0.2) is 4.79 Å². The van der Waals surface area contributed by atoms with Gasteiger partial charge in [-0.3, -0.25) is 14.9 Å². The first-order chi connectivity index (χ1) is 13.3. The molecular weight excluding hydrogens is 368 g/mol. The topological polar surface area (TPSA) is 117 Å². The number of nitro groups is 1. The zero-order valence-corrected chi connectivity index (χ0v) is 15.6. The highest BCUT2D eigenvalue weighted by Gasteiger charge is 2.17. The molecule has 0 unspecified atom stereocenters. The van der Waals surface area contributed by atoms with E-state index in [0.29, 0.717) is 17.1 Å². The Kier molecular flexibility index (Phi) is 6.91. The van der Waals surface area contributed by atoms with Gasteiger partial charge in [-0.1, -0.05) is 0 Å². The van der Waals surface area contributed by atoms with Gasteiger partial charge in [-0.15, -0.1) is 0 Å². The van der Waals surface area contributed by atoms with Crippen molar-refractivity contribution in [2.24, 2.45) is 0 Å². The highest BCUT2D eigenvalue weighted by molar-refractivity contribution is 5.91. The number of carbonyl (C=O) groups is 2. The van der Waals surface area contributed by atoms with Crippen molar-refractivity contribution in [2.75, 3.05) is 20.8 Å². The molecule has 0 aliphatic carbocycles. The zero-order chi connectivity index (χ0) is 20.7. The Balaban J connectivity index is 1.94. The first-order valence-electron chi connectivity index (χ1n) is 8.28. The van der Waals surface area contributed by atoms with Gasteiger partial charge in [0.25, 0.3) is 11.6 Å². The van der Waals surface area contributed by atoms with E-state index in [1.165, 1.54) is 38.5 Å². The molecule has 0 saturated heterocycles. The number of nitrogens with one attached hydrogen (secondary N) is 1. The summed E-state index contributed by atoms with van der Waals surface area (Å²) in [7, 11) is 3.05. The standard InChI is InChI=1S/C19H20N2O7/c1-12(16-10-15(26-2)8-9-17(16)27-3)20-18(22)11-28-19(23)13-4-6-14(7-5-13)21(24)25/h4-10,12H,11H2,1-3H3,(H,20,22)/t12-/m0/s1. The minimum atomic E-state index is -0.753. The van der Waals surface area contributed by atoms with E-state index in [-0.39, 0.29) is 11.3 Å². The number of nitrogens with zero attached hydrogens (tertiary/aromatic N) is 1. The Morgan fingerprint density at radius 2 is 1.79 bits per heavy atom. The van der Waals surface area contributed by atoms with Crippen molar-refractivity contribution in [3.63, 3.8) is 0 Å². The number of benzene rings is 2. The Labute approximate surface area is 161 Å². The van der Waals surface area contributed by atoms with Crippen molar-refractivity contribution < 1.29 is 28.7 Å². The predicted molar refractivity (Wildman–Crippen MR) is 99.5 cm³/mol. The molecule has 9 heteroatoms. The molecule has 2 aromatic carbocycles. The van der Waals surface area contributed by atoms with Crippen LogP contribution in [0.2, 0.25) is 0 Å². The van der Waals surface area contributed by atoms with E-state index < -0.39 is 29.4 Å². The second kappa shape index (κ2) is 9.36. The summed E-state index contributed by atoms with van der Waals surface area (Å²) in [5.74, 6) is -0.0673. The lowest BCUT2D eigenvalue weighted by Gasteiger charge is -2.18. The SMILES string of the molecule is COc1ccc(OC)c([C@H](C)NC(=O)COC(=O)c2ccc([N+](=O)[O-])cc2)c1. The minimum Gasteiger partial charge on any atom is -0.497 e. The molecule has 2 rings (SSSR count). The van der Waals surface area contributed by atoms with Gasteiger partial charge < -0.3 is 19.5 Å². The zero-order valence-electron chi connectivity index (χ0n) is 15.6. The summed E-state index contributed by atoms with van der Waals surface area (Å²) in [6, 6.07) is 9.70. The molecule has 0 fully saturated rings. The second-order valence-electron chi connectivity index (χ2n) is 5.78. The summed E-state index contributed by atoms with van der Waals surface area (Å²) in [5, 5.41) is 13.3. The van der Waals surface area contributed by atoms with Crippen LogP contribution in [-0.4, -0.2) is 37.6 Å². The van der Waals surface area contributed by atoms with Gasteiger partial charge in [-0.05, 0) is 37.3 Å². The molecule has 28 heavy (non-hydrogen) atoms. The average Bonchev–Trinajstić information content (AvgIpc) is 2.71. The smallest absolute Gasteiger partial charge is 0.338 e. The van der Waals surface area contributed by atoms with Gasteiger partial charge in [0, 0.05) is 17.7 Å². The first kappa shape index (κ1) is 20.7. The molecule has 1 atom stereocenters. The van der Waals surface area contributed by atoms with Crippen LogP contribution in [0, 0.1) is 10.1 Å². The molecule has 148 valence electrons. The molecule has 0 saturated carbocycles. The number of methoxy groups -OCH3 is 2. The van der Waals surface area contributed by atoms with Crippen molar-refractivity contribution in [1.29, 1.82) is 0 Å². The number of nitro benzene ring substituents is 1. The van der Waals surface area contributed by atoms with Crippen LogP contribution in [0.3, 0.4) is 0 Å². The number of non-ortho nitro benzene ring substituents is 1. The van der Waals surface area contributed by atoms with Crippen molar-refractivity contribution in [3.8, 4) is 11.5 Å². The first-order valence-corrected chi connectivity index (χ1v) is 8.28. The lowest BCUT2D eigenvalue weighted by Crippen LogP contribution is -2.31. The van der Waals surface area contributed by atoms with Crippen LogP contribution in [0.1, 0.15) is 28.9 Å². The molecule has 0 aliphatic rings. The Bertz CT molecular complexity index is 865. The summed E-state index contributed by atoms with van der Waals surface area (Å²) in [6.45, 7) is 1.26. The maximum Gasteiger partial charge on any atom is 0.338 e. The summed E-state index contributed by atoms with van der Waals surface area (Å²) in [5.41, 5.74) is 0.674. The molecule has 1 N–H and O–H groups in total. The summed E-state index contributed by atoms with van der Waals surface area (Å²) < 4.78 is 15.4. The molecule has 0 bridgehead atoms. The molecule has 0 radical (unpaired) electrons. The van der Waals surface area contributed by atoms with E-state index in [1.807, 2.05) is 0 Å². The van der Waals surface area contributed by atoms with E-state index in [9.17, 15) is 19.7 Å². The van der Waals surface area contributed by atoms with Crippen LogP contribution in [0.5, 0.6) is 11.5 Å². The molecule has 1 amide bonds. The Hall–Kier alpha value is -3.62. The highest BCUT2D eigenvalue weighted by Crippen LogP contribution is 2.29. The molecule has 2 aromatic rings. The number of esters is 1. The van der Waals surface area contributed by atoms with Crippen LogP contribution < -0.4 is 14.8 Å². The Morgan fingerprint density at radius 1 is 1.11 bits per heavy atom. The van der Waals surface area contributed by atoms with Crippen molar-refractivity contribution in [2.45, 2.75) is 13.0 Å². The van der Waals surface area contributed by atoms with E-state index in [0.717, 1.165) is 0 Å². The van der Waals surface area contributed by atoms with E-state index in [4.69, 9.17) is 14.2 Å². The van der Waals surface area contributed by atoms with Gasteiger partial charge in [0.15, 0.2) is 6.61 Å². The fraction of sp³-hybridized carbons (Fsp3) is 0.263. The van der Waals surface area contributed by atoms with Crippen LogP contribution in [0.25, 0.3) is 0 Å². The van der Waals surface area contributed by atoms with E-state index >= 15 is 0 Å².